The van der Waals surface area contributed by atoms with Gasteiger partial charge in [-0.05, 0) is 82.2 Å². The Morgan fingerprint density at radius 3 is 2.34 bits per heavy atom. The van der Waals surface area contributed by atoms with E-state index < -0.39 is 17.8 Å². The third-order valence-electron chi connectivity index (χ3n) is 7.75. The van der Waals surface area contributed by atoms with Crippen molar-refractivity contribution >= 4 is 23.7 Å². The minimum atomic E-state index is -0.719. The largest absolute Gasteiger partial charge is 0.493 e. The third-order valence-corrected chi connectivity index (χ3v) is 7.75. The summed E-state index contributed by atoms with van der Waals surface area (Å²) in [7, 11) is 3.12. The highest BCUT2D eigenvalue weighted by atomic mass is 16.5. The maximum atomic E-state index is 14.1. The van der Waals surface area contributed by atoms with E-state index in [4.69, 9.17) is 19.2 Å². The molecule has 2 unspecified atom stereocenters. The van der Waals surface area contributed by atoms with Crippen LogP contribution in [0.2, 0.25) is 0 Å². The minimum absolute atomic E-state index is 0.165. The fourth-order valence-corrected chi connectivity index (χ4v) is 5.78. The molecule has 2 atom stereocenters. The lowest BCUT2D eigenvalue weighted by molar-refractivity contribution is -0.139. The zero-order valence-corrected chi connectivity index (χ0v) is 24.5. The number of aromatic nitrogens is 1. The molecule has 8 heteroatoms. The molecule has 0 spiro atoms. The third kappa shape index (κ3) is 4.94. The summed E-state index contributed by atoms with van der Waals surface area (Å²) in [5.74, 6) is -0.397. The summed E-state index contributed by atoms with van der Waals surface area (Å²) in [5, 5.41) is 3.23. The number of aryl methyl sites for hydroxylation is 2. The molecule has 0 bridgehead atoms. The maximum Gasteiger partial charge on any atom is 0.336 e. The highest BCUT2D eigenvalue weighted by molar-refractivity contribution is 6.21. The molecule has 1 N–H and O–H groups in total. The minimum Gasteiger partial charge on any atom is -0.493 e. The number of ether oxygens (including phenoxy) is 3. The Bertz CT molecular complexity index is 1620. The van der Waals surface area contributed by atoms with Crippen LogP contribution in [0.1, 0.15) is 47.8 Å². The number of rotatable bonds is 7. The van der Waals surface area contributed by atoms with Gasteiger partial charge in [0.05, 0.1) is 32.3 Å². The normalized spacial score (nSPS) is 19.1. The van der Waals surface area contributed by atoms with Gasteiger partial charge in [-0.3, -0.25) is 4.79 Å². The average molecular weight is 554 g/mol. The Hall–Kier alpha value is -4.59. The number of carbonyl (C=O) groups excluding carboxylic acids is 2. The smallest absolute Gasteiger partial charge is 0.336 e. The highest BCUT2D eigenvalue weighted by Crippen LogP contribution is 2.44. The molecule has 0 saturated heterocycles. The van der Waals surface area contributed by atoms with E-state index in [1.165, 1.54) is 5.56 Å². The molecule has 2 aliphatic heterocycles. The molecule has 2 aromatic carbocycles. The van der Waals surface area contributed by atoms with Crippen LogP contribution in [-0.2, 0) is 14.3 Å². The Kier molecular flexibility index (Phi) is 7.58. The first-order chi connectivity index (χ1) is 19.7. The van der Waals surface area contributed by atoms with E-state index in [9.17, 15) is 9.59 Å². The Labute approximate surface area is 240 Å². The Balaban J connectivity index is 1.59. The number of nitrogens with zero attached hydrogens (tertiary/aromatic N) is 2. The second-order valence-corrected chi connectivity index (χ2v) is 10.3. The van der Waals surface area contributed by atoms with Crippen molar-refractivity contribution < 1.29 is 23.8 Å². The predicted molar refractivity (Wildman–Crippen MR) is 159 cm³/mol. The van der Waals surface area contributed by atoms with Gasteiger partial charge in [-0.1, -0.05) is 23.8 Å². The number of allylic oxidation sites excluding steroid dienone is 2. The van der Waals surface area contributed by atoms with Crippen LogP contribution in [0.3, 0.4) is 0 Å². The van der Waals surface area contributed by atoms with Crippen molar-refractivity contribution in [2.24, 2.45) is 10.9 Å². The van der Waals surface area contributed by atoms with Crippen molar-refractivity contribution in [3.05, 3.63) is 93.6 Å². The molecule has 8 nitrogen and oxygen atoms in total. The topological polar surface area (TPSA) is 91.2 Å². The van der Waals surface area contributed by atoms with Crippen LogP contribution in [-0.4, -0.2) is 43.0 Å². The monoisotopic (exact) mass is 553 g/mol. The maximum absolute atomic E-state index is 14.1. The zero-order chi connectivity index (χ0) is 29.4. The van der Waals surface area contributed by atoms with E-state index in [2.05, 4.69) is 47.1 Å². The van der Waals surface area contributed by atoms with Gasteiger partial charge in [-0.25, -0.2) is 9.79 Å². The lowest BCUT2D eigenvalue weighted by Gasteiger charge is -2.32. The van der Waals surface area contributed by atoms with E-state index >= 15 is 0 Å². The first-order valence-electron chi connectivity index (χ1n) is 13.7. The Morgan fingerprint density at radius 2 is 1.68 bits per heavy atom. The van der Waals surface area contributed by atoms with E-state index in [0.717, 1.165) is 28.2 Å². The number of benzene rings is 2. The van der Waals surface area contributed by atoms with Crippen LogP contribution in [0.5, 0.6) is 11.5 Å². The van der Waals surface area contributed by atoms with Gasteiger partial charge in [0.2, 0.25) is 0 Å². The van der Waals surface area contributed by atoms with Gasteiger partial charge in [0.15, 0.2) is 17.3 Å². The van der Waals surface area contributed by atoms with Gasteiger partial charge >= 0.3 is 5.97 Å². The van der Waals surface area contributed by atoms with Crippen LogP contribution < -0.4 is 14.8 Å². The lowest BCUT2D eigenvalue weighted by Crippen LogP contribution is -2.42. The summed E-state index contributed by atoms with van der Waals surface area (Å²) in [5.41, 5.74) is 7.29. The second-order valence-electron chi connectivity index (χ2n) is 10.3. The summed E-state index contributed by atoms with van der Waals surface area (Å²) in [6.07, 6.45) is 1.84. The lowest BCUT2D eigenvalue weighted by atomic mass is 9.75. The van der Waals surface area contributed by atoms with Gasteiger partial charge in [0.1, 0.15) is 11.5 Å². The first-order valence-corrected chi connectivity index (χ1v) is 13.7. The van der Waals surface area contributed by atoms with E-state index in [-0.39, 0.29) is 12.4 Å². The number of nitrogens with one attached hydrogen (secondary N) is 1. The summed E-state index contributed by atoms with van der Waals surface area (Å²) in [6, 6.07) is 15.8. The molecule has 5 rings (SSSR count). The van der Waals surface area contributed by atoms with Crippen molar-refractivity contribution in [1.29, 1.82) is 0 Å². The molecule has 3 heterocycles. The number of hydrogen-bond donors (Lipinski definition) is 1. The predicted octanol–water partition coefficient (Wildman–Crippen LogP) is 5.58. The molecule has 212 valence electrons. The average Bonchev–Trinajstić information content (AvgIpc) is 3.41. The van der Waals surface area contributed by atoms with Crippen molar-refractivity contribution in [3.8, 4) is 17.2 Å². The number of esters is 1. The number of methoxy groups -OCH3 is 2. The first kappa shape index (κ1) is 28.0. The number of ketones is 1. The van der Waals surface area contributed by atoms with Gasteiger partial charge < -0.3 is 24.1 Å². The van der Waals surface area contributed by atoms with Crippen LogP contribution in [0, 0.1) is 26.7 Å². The summed E-state index contributed by atoms with van der Waals surface area (Å²) >= 11 is 0. The molecule has 41 heavy (non-hydrogen) atoms. The van der Waals surface area contributed by atoms with E-state index in [0.29, 0.717) is 34.3 Å². The van der Waals surface area contributed by atoms with Crippen LogP contribution in [0.4, 0.5) is 0 Å². The molecule has 0 fully saturated rings. The number of amidine groups is 1. The number of carbonyl (C=O) groups is 2. The van der Waals surface area contributed by atoms with Gasteiger partial charge in [0.25, 0.3) is 0 Å². The van der Waals surface area contributed by atoms with Crippen molar-refractivity contribution in [2.75, 3.05) is 20.8 Å². The molecular formula is C33H35N3O5. The van der Waals surface area contributed by atoms with Crippen LogP contribution in [0.25, 0.3) is 11.8 Å². The molecule has 0 amide bonds. The SMILES string of the molecule is CCOC(=O)C1=C(C)NC2=N/C(=C\c3cc(C)n(-c4ccc(C)cc4)c3C)C(=O)C2C1c1ccc(OC)c(OC)c1. The number of Topliss-reactive ketones (excluding diaryl/α,β-unsaturated/α-hetero) is 1. The Morgan fingerprint density at radius 1 is 0.976 bits per heavy atom. The number of aliphatic imine (C=N–C) groups is 1. The van der Waals surface area contributed by atoms with Gasteiger partial charge in [-0.15, -0.1) is 0 Å². The molecule has 1 aromatic heterocycles. The van der Waals surface area contributed by atoms with Crippen LogP contribution >= 0.6 is 0 Å². The standard InChI is InChI=1S/C33H35N3O5/c1-8-41-33(38)28-20(4)34-32-30(29(28)22-11-14-26(39-6)27(17-22)40-7)31(37)25(35-32)16-23-15-19(3)36(21(23)5)24-12-9-18(2)10-13-24/h9-17,29-30H,8H2,1-7H3,(H,34,35)/b25-16-. The number of hydrogen-bond acceptors (Lipinski definition) is 7. The van der Waals surface area contributed by atoms with E-state index in [1.54, 1.807) is 34.1 Å². The van der Waals surface area contributed by atoms with Crippen molar-refractivity contribution in [2.45, 2.75) is 40.5 Å². The quantitative estimate of drug-likeness (QED) is 0.303. The molecule has 0 radical (unpaired) electrons. The molecule has 0 aliphatic carbocycles. The van der Waals surface area contributed by atoms with Crippen molar-refractivity contribution in [1.82, 2.24) is 9.88 Å². The fourth-order valence-electron chi connectivity index (χ4n) is 5.78. The molecule has 2 aliphatic rings. The summed E-state index contributed by atoms with van der Waals surface area (Å²) in [6.45, 7) is 9.93. The van der Waals surface area contributed by atoms with Gasteiger partial charge in [-0.2, -0.15) is 0 Å². The van der Waals surface area contributed by atoms with Crippen molar-refractivity contribution in [3.63, 3.8) is 0 Å². The fraction of sp³-hybridized carbons (Fsp3) is 0.303. The summed E-state index contributed by atoms with van der Waals surface area (Å²) < 4.78 is 18.6. The number of fused-ring (bicyclic) bond motifs is 1. The zero-order valence-electron chi connectivity index (χ0n) is 24.5. The van der Waals surface area contributed by atoms with E-state index in [1.807, 2.05) is 32.1 Å². The van der Waals surface area contributed by atoms with Gasteiger partial charge in [0, 0.05) is 28.7 Å². The van der Waals surface area contributed by atoms with Crippen LogP contribution in [0.15, 0.2) is 70.5 Å². The molecule has 3 aromatic rings. The highest BCUT2D eigenvalue weighted by Gasteiger charge is 2.47. The second kappa shape index (κ2) is 11.1. The molecular weight excluding hydrogens is 518 g/mol. The summed E-state index contributed by atoms with van der Waals surface area (Å²) in [4.78, 5) is 32.1. The molecule has 0 saturated carbocycles.